The van der Waals surface area contributed by atoms with E-state index in [1.807, 2.05) is 24.3 Å². The van der Waals surface area contributed by atoms with E-state index in [2.05, 4.69) is 30.9 Å². The van der Waals surface area contributed by atoms with Crippen molar-refractivity contribution in [1.82, 2.24) is 10.1 Å². The SMILES string of the molecule is COc1ccc(SC(C)c2nc(C(C)C)no2)cc1. The first kappa shape index (κ1) is 13.9. The van der Waals surface area contributed by atoms with Gasteiger partial charge in [-0.2, -0.15) is 4.98 Å². The third-order valence-corrected chi connectivity index (χ3v) is 3.79. The van der Waals surface area contributed by atoms with Gasteiger partial charge in [0.2, 0.25) is 5.89 Å². The lowest BCUT2D eigenvalue weighted by molar-refractivity contribution is 0.373. The van der Waals surface area contributed by atoms with Gasteiger partial charge in [-0.25, -0.2) is 0 Å². The highest BCUT2D eigenvalue weighted by Crippen LogP contribution is 2.34. The number of rotatable bonds is 5. The molecule has 2 aromatic rings. The monoisotopic (exact) mass is 278 g/mol. The molecule has 0 aliphatic rings. The number of thioether (sulfide) groups is 1. The van der Waals surface area contributed by atoms with E-state index in [-0.39, 0.29) is 11.2 Å². The first-order valence-corrected chi connectivity index (χ1v) is 7.12. The van der Waals surface area contributed by atoms with E-state index in [4.69, 9.17) is 9.26 Å². The maximum absolute atomic E-state index is 5.30. The van der Waals surface area contributed by atoms with Crippen molar-refractivity contribution >= 4 is 11.8 Å². The van der Waals surface area contributed by atoms with Gasteiger partial charge in [-0.05, 0) is 31.2 Å². The van der Waals surface area contributed by atoms with Gasteiger partial charge in [0.25, 0.3) is 0 Å². The summed E-state index contributed by atoms with van der Waals surface area (Å²) in [6, 6.07) is 7.95. The van der Waals surface area contributed by atoms with Crippen LogP contribution in [0.25, 0.3) is 0 Å². The van der Waals surface area contributed by atoms with Crippen LogP contribution in [0.5, 0.6) is 5.75 Å². The van der Waals surface area contributed by atoms with Gasteiger partial charge in [0, 0.05) is 10.8 Å². The molecule has 1 heterocycles. The van der Waals surface area contributed by atoms with E-state index < -0.39 is 0 Å². The number of hydrogen-bond acceptors (Lipinski definition) is 5. The molecule has 2 rings (SSSR count). The molecule has 1 aromatic carbocycles. The summed E-state index contributed by atoms with van der Waals surface area (Å²) in [5.41, 5.74) is 0. The molecule has 0 saturated heterocycles. The summed E-state index contributed by atoms with van der Waals surface area (Å²) in [4.78, 5) is 5.57. The fourth-order valence-corrected chi connectivity index (χ4v) is 2.45. The Bertz CT molecular complexity index is 522. The van der Waals surface area contributed by atoms with Gasteiger partial charge in [-0.15, -0.1) is 11.8 Å². The van der Waals surface area contributed by atoms with E-state index in [0.717, 1.165) is 16.5 Å². The van der Waals surface area contributed by atoms with Crippen LogP contribution in [0.2, 0.25) is 0 Å². The van der Waals surface area contributed by atoms with Crippen LogP contribution in [-0.4, -0.2) is 17.3 Å². The maximum Gasteiger partial charge on any atom is 0.239 e. The van der Waals surface area contributed by atoms with E-state index in [1.54, 1.807) is 18.9 Å². The number of benzene rings is 1. The predicted octanol–water partition coefficient (Wildman–Crippen LogP) is 4.05. The molecule has 0 spiro atoms. The van der Waals surface area contributed by atoms with Crippen LogP contribution < -0.4 is 4.74 Å². The van der Waals surface area contributed by atoms with Crippen LogP contribution in [0.3, 0.4) is 0 Å². The minimum Gasteiger partial charge on any atom is -0.497 e. The van der Waals surface area contributed by atoms with Gasteiger partial charge in [-0.3, -0.25) is 0 Å². The number of hydrogen-bond donors (Lipinski definition) is 0. The van der Waals surface area contributed by atoms with Gasteiger partial charge < -0.3 is 9.26 Å². The number of aromatic nitrogens is 2. The molecule has 0 saturated carbocycles. The van der Waals surface area contributed by atoms with Crippen molar-refractivity contribution in [2.45, 2.75) is 36.8 Å². The summed E-state index contributed by atoms with van der Waals surface area (Å²) in [5, 5.41) is 4.12. The number of methoxy groups -OCH3 is 1. The van der Waals surface area contributed by atoms with Crippen molar-refractivity contribution in [2.24, 2.45) is 0 Å². The highest BCUT2D eigenvalue weighted by molar-refractivity contribution is 7.99. The Hall–Kier alpha value is -1.49. The molecule has 0 amide bonds. The first-order valence-electron chi connectivity index (χ1n) is 6.24. The van der Waals surface area contributed by atoms with E-state index in [9.17, 15) is 0 Å². The lowest BCUT2D eigenvalue weighted by Gasteiger charge is -2.07. The molecule has 1 aromatic heterocycles. The minimum absolute atomic E-state index is 0.133. The van der Waals surface area contributed by atoms with E-state index >= 15 is 0 Å². The molecule has 5 heteroatoms. The molecule has 0 bridgehead atoms. The van der Waals surface area contributed by atoms with Crippen molar-refractivity contribution in [3.05, 3.63) is 36.0 Å². The fourth-order valence-electron chi connectivity index (χ4n) is 1.56. The zero-order valence-corrected chi connectivity index (χ0v) is 12.4. The summed E-state index contributed by atoms with van der Waals surface area (Å²) in [6.07, 6.45) is 0. The van der Waals surface area contributed by atoms with Crippen molar-refractivity contribution in [3.8, 4) is 5.75 Å². The normalized spacial score (nSPS) is 12.7. The Morgan fingerprint density at radius 1 is 1.16 bits per heavy atom. The molecule has 0 aliphatic carbocycles. The lowest BCUT2D eigenvalue weighted by atomic mass is 10.2. The van der Waals surface area contributed by atoms with Crippen molar-refractivity contribution in [2.75, 3.05) is 7.11 Å². The second-order valence-corrected chi connectivity index (χ2v) is 6.00. The minimum atomic E-state index is 0.133. The third-order valence-electron chi connectivity index (χ3n) is 2.69. The maximum atomic E-state index is 5.30. The van der Waals surface area contributed by atoms with Gasteiger partial charge in [0.1, 0.15) is 5.75 Å². The third kappa shape index (κ3) is 3.50. The van der Waals surface area contributed by atoms with E-state index in [0.29, 0.717) is 5.89 Å². The van der Waals surface area contributed by atoms with Crippen molar-refractivity contribution in [3.63, 3.8) is 0 Å². The summed E-state index contributed by atoms with van der Waals surface area (Å²) < 4.78 is 10.4. The van der Waals surface area contributed by atoms with Crippen LogP contribution >= 0.6 is 11.8 Å². The smallest absolute Gasteiger partial charge is 0.239 e. The molecule has 0 fully saturated rings. The standard InChI is InChI=1S/C14H18N2O2S/c1-9(2)13-15-14(18-16-13)10(3)19-12-7-5-11(17-4)6-8-12/h5-10H,1-4H3. The summed E-state index contributed by atoms with van der Waals surface area (Å²) in [5.74, 6) is 2.58. The first-order chi connectivity index (χ1) is 9.10. The Balaban J connectivity index is 2.04. The summed E-state index contributed by atoms with van der Waals surface area (Å²) >= 11 is 1.69. The van der Waals surface area contributed by atoms with Crippen molar-refractivity contribution in [1.29, 1.82) is 0 Å². The number of ether oxygens (including phenoxy) is 1. The highest BCUT2D eigenvalue weighted by atomic mass is 32.2. The highest BCUT2D eigenvalue weighted by Gasteiger charge is 2.16. The summed E-state index contributed by atoms with van der Waals surface area (Å²) in [6.45, 7) is 6.17. The van der Waals surface area contributed by atoms with Crippen LogP contribution in [0.1, 0.15) is 43.7 Å². The molecule has 19 heavy (non-hydrogen) atoms. The Morgan fingerprint density at radius 3 is 2.37 bits per heavy atom. The summed E-state index contributed by atoms with van der Waals surface area (Å²) in [7, 11) is 1.66. The lowest BCUT2D eigenvalue weighted by Crippen LogP contribution is -1.92. The molecule has 4 nitrogen and oxygen atoms in total. The van der Waals surface area contributed by atoms with Gasteiger partial charge >= 0.3 is 0 Å². The Labute approximate surface area is 117 Å². The topological polar surface area (TPSA) is 48.2 Å². The molecule has 1 unspecified atom stereocenters. The van der Waals surface area contributed by atoms with E-state index in [1.165, 1.54) is 0 Å². The molecule has 0 N–H and O–H groups in total. The predicted molar refractivity (Wildman–Crippen MR) is 75.7 cm³/mol. The number of nitrogens with zero attached hydrogens (tertiary/aromatic N) is 2. The Morgan fingerprint density at radius 2 is 1.84 bits per heavy atom. The average molecular weight is 278 g/mol. The second-order valence-electron chi connectivity index (χ2n) is 4.58. The zero-order chi connectivity index (χ0) is 13.8. The average Bonchev–Trinajstić information content (AvgIpc) is 2.89. The molecule has 102 valence electrons. The zero-order valence-electron chi connectivity index (χ0n) is 11.6. The molecule has 1 atom stereocenters. The van der Waals surface area contributed by atoms with Gasteiger partial charge in [0.05, 0.1) is 12.4 Å². The largest absolute Gasteiger partial charge is 0.497 e. The quantitative estimate of drug-likeness (QED) is 0.772. The molecular formula is C14H18N2O2S. The Kier molecular flexibility index (Phi) is 4.47. The second kappa shape index (κ2) is 6.10. The van der Waals surface area contributed by atoms with Crippen molar-refractivity contribution < 1.29 is 9.26 Å². The van der Waals surface area contributed by atoms with Crippen LogP contribution in [0.15, 0.2) is 33.7 Å². The van der Waals surface area contributed by atoms with Crippen LogP contribution in [0, 0.1) is 0 Å². The fraction of sp³-hybridized carbons (Fsp3) is 0.429. The molecule has 0 aliphatic heterocycles. The van der Waals surface area contributed by atoms with Gasteiger partial charge in [-0.1, -0.05) is 19.0 Å². The van der Waals surface area contributed by atoms with Crippen LogP contribution in [-0.2, 0) is 0 Å². The molecular weight excluding hydrogens is 260 g/mol. The van der Waals surface area contributed by atoms with Crippen LogP contribution in [0.4, 0.5) is 0 Å². The molecule has 0 radical (unpaired) electrons. The van der Waals surface area contributed by atoms with Gasteiger partial charge in [0.15, 0.2) is 5.82 Å².